The fourth-order valence-electron chi connectivity index (χ4n) is 4.28. The number of fused-ring (bicyclic) bond motifs is 1. The van der Waals surface area contributed by atoms with Gasteiger partial charge in [0.2, 0.25) is 16.8 Å². The lowest BCUT2D eigenvalue weighted by Gasteiger charge is -2.15. The molecule has 188 valence electrons. The summed E-state index contributed by atoms with van der Waals surface area (Å²) in [5, 5.41) is 18.2. The zero-order valence-electron chi connectivity index (χ0n) is 19.4. The number of sulfonamides is 1. The molecule has 1 aromatic heterocycles. The van der Waals surface area contributed by atoms with Crippen LogP contribution in [0, 0.1) is 0 Å². The lowest BCUT2D eigenvalue weighted by Crippen LogP contribution is -2.33. The Morgan fingerprint density at radius 3 is 2.53 bits per heavy atom. The number of aromatic nitrogens is 1. The molecule has 36 heavy (non-hydrogen) atoms. The monoisotopic (exact) mass is 510 g/mol. The van der Waals surface area contributed by atoms with Crippen LogP contribution in [0.15, 0.2) is 65.6 Å². The van der Waals surface area contributed by atoms with Crippen LogP contribution in [0.4, 0.5) is 0 Å². The summed E-state index contributed by atoms with van der Waals surface area (Å²) >= 11 is 0. The van der Waals surface area contributed by atoms with Crippen molar-refractivity contribution in [1.82, 2.24) is 9.71 Å². The van der Waals surface area contributed by atoms with Crippen molar-refractivity contribution in [1.29, 1.82) is 0 Å². The lowest BCUT2D eigenvalue weighted by molar-refractivity contribution is -0.120. The van der Waals surface area contributed by atoms with E-state index in [9.17, 15) is 18.3 Å². The Balaban J connectivity index is 1.29. The molecule has 3 aromatic rings. The Kier molecular flexibility index (Phi) is 6.52. The Morgan fingerprint density at radius 2 is 1.81 bits per heavy atom. The highest BCUT2D eigenvalue weighted by atomic mass is 32.2. The molecule has 0 spiro atoms. The second kappa shape index (κ2) is 9.62. The molecule has 3 N–H and O–H groups in total. The summed E-state index contributed by atoms with van der Waals surface area (Å²) in [6.45, 7) is -0.636. The maximum Gasteiger partial charge on any atom is 0.240 e. The minimum Gasteiger partial charge on any atom is -0.454 e. The molecule has 1 fully saturated rings. The third kappa shape index (κ3) is 4.85. The maximum absolute atomic E-state index is 13.3. The number of Topliss-reactive ketones (excluding diaryl/α,β-unsaturated/α-hetero) is 1. The van der Waals surface area contributed by atoms with Crippen LogP contribution in [0.2, 0.25) is 0 Å². The van der Waals surface area contributed by atoms with E-state index in [4.69, 9.17) is 14.6 Å². The summed E-state index contributed by atoms with van der Waals surface area (Å²) in [6, 6.07) is 17.3. The van der Waals surface area contributed by atoms with Gasteiger partial charge in [0.1, 0.15) is 5.78 Å². The molecule has 0 radical (unpaired) electrons. The van der Waals surface area contributed by atoms with Crippen LogP contribution in [-0.2, 0) is 26.7 Å². The van der Waals surface area contributed by atoms with E-state index >= 15 is 0 Å². The molecule has 9 nitrogen and oxygen atoms in total. The summed E-state index contributed by atoms with van der Waals surface area (Å²) in [4.78, 5) is 18.0. The van der Waals surface area contributed by atoms with Crippen molar-refractivity contribution in [3.63, 3.8) is 0 Å². The van der Waals surface area contributed by atoms with Gasteiger partial charge in [-0.05, 0) is 54.8 Å². The van der Waals surface area contributed by atoms with Crippen molar-refractivity contribution < 1.29 is 32.9 Å². The number of nitrogens with zero attached hydrogens (tertiary/aromatic N) is 1. The van der Waals surface area contributed by atoms with Crippen molar-refractivity contribution in [2.24, 2.45) is 0 Å². The highest BCUT2D eigenvalue weighted by Gasteiger charge is 2.51. The number of pyridine rings is 1. The van der Waals surface area contributed by atoms with Crippen molar-refractivity contribution in [3.05, 3.63) is 71.9 Å². The van der Waals surface area contributed by atoms with E-state index in [1.807, 2.05) is 30.3 Å². The first-order valence-corrected chi connectivity index (χ1v) is 13.1. The first-order chi connectivity index (χ1) is 17.3. The number of aliphatic hydroxyl groups excluding tert-OH is 2. The van der Waals surface area contributed by atoms with E-state index in [0.29, 0.717) is 28.5 Å². The number of ether oxygens (including phenoxy) is 2. The number of aliphatic hydroxyl groups is 2. The fraction of sp³-hybridized carbons (Fsp3) is 0.308. The third-order valence-electron chi connectivity index (χ3n) is 6.54. The van der Waals surface area contributed by atoms with Gasteiger partial charge < -0.3 is 19.7 Å². The second-order valence-corrected chi connectivity index (χ2v) is 10.7. The van der Waals surface area contributed by atoms with Crippen molar-refractivity contribution in [2.45, 2.75) is 35.7 Å². The van der Waals surface area contributed by atoms with Gasteiger partial charge in [0.15, 0.2) is 11.5 Å². The molecule has 1 aliphatic carbocycles. The van der Waals surface area contributed by atoms with Crippen molar-refractivity contribution in [3.8, 4) is 22.8 Å². The highest BCUT2D eigenvalue weighted by molar-refractivity contribution is 7.89. The van der Waals surface area contributed by atoms with Gasteiger partial charge in [-0.15, -0.1) is 0 Å². The molecule has 2 aliphatic rings. The van der Waals surface area contributed by atoms with E-state index in [1.54, 1.807) is 18.2 Å². The van der Waals surface area contributed by atoms with Crippen LogP contribution in [-0.4, -0.2) is 55.4 Å². The molecule has 2 heterocycles. The molecule has 0 amide bonds. The van der Waals surface area contributed by atoms with Crippen LogP contribution >= 0.6 is 0 Å². The average Bonchev–Trinajstić information content (AvgIpc) is 3.58. The topological polar surface area (TPSA) is 135 Å². The van der Waals surface area contributed by atoms with Gasteiger partial charge in [-0.1, -0.05) is 24.3 Å². The minimum absolute atomic E-state index is 0.0297. The number of rotatable bonds is 10. The number of carbonyl (C=O) groups excluding carboxylic acids is 1. The summed E-state index contributed by atoms with van der Waals surface area (Å²) in [5.41, 5.74) is 2.38. The van der Waals surface area contributed by atoms with Crippen LogP contribution < -0.4 is 14.2 Å². The fourth-order valence-corrected chi connectivity index (χ4v) is 5.35. The van der Waals surface area contributed by atoms with Crippen LogP contribution in [0.1, 0.15) is 24.1 Å². The maximum atomic E-state index is 13.3. The number of hydrogen-bond donors (Lipinski definition) is 3. The van der Waals surface area contributed by atoms with E-state index < -0.39 is 28.1 Å². The normalized spacial score (nSPS) is 16.5. The molecule has 0 unspecified atom stereocenters. The minimum atomic E-state index is -3.83. The second-order valence-electron chi connectivity index (χ2n) is 8.98. The smallest absolute Gasteiger partial charge is 0.240 e. The van der Waals surface area contributed by atoms with Crippen LogP contribution in [0.3, 0.4) is 0 Å². The number of nitrogens with one attached hydrogen (secondary N) is 1. The average molecular weight is 511 g/mol. The van der Waals surface area contributed by atoms with Gasteiger partial charge in [-0.3, -0.25) is 9.78 Å². The van der Waals surface area contributed by atoms with Crippen LogP contribution in [0.25, 0.3) is 11.3 Å². The zero-order valence-corrected chi connectivity index (χ0v) is 20.2. The highest BCUT2D eigenvalue weighted by Crippen LogP contribution is 2.51. The summed E-state index contributed by atoms with van der Waals surface area (Å²) in [5.74, 6) is 1.45. The molecular weight excluding hydrogens is 484 g/mol. The van der Waals surface area contributed by atoms with E-state index in [1.165, 1.54) is 12.1 Å². The Morgan fingerprint density at radius 1 is 1.06 bits per heavy atom. The van der Waals surface area contributed by atoms with Crippen molar-refractivity contribution in [2.75, 3.05) is 19.9 Å². The number of ketones is 1. The van der Waals surface area contributed by atoms with Gasteiger partial charge in [0, 0.05) is 24.2 Å². The van der Waals surface area contributed by atoms with Gasteiger partial charge in [-0.25, -0.2) is 13.1 Å². The number of carbonyl (C=O) groups is 1. The number of hydrogen-bond acceptors (Lipinski definition) is 8. The molecule has 0 bridgehead atoms. The first-order valence-electron chi connectivity index (χ1n) is 11.6. The summed E-state index contributed by atoms with van der Waals surface area (Å²) in [6.07, 6.45) is 0.578. The van der Waals surface area contributed by atoms with E-state index in [0.717, 1.165) is 18.4 Å². The predicted molar refractivity (Wildman–Crippen MR) is 130 cm³/mol. The molecular formula is C26H26N2O7S. The quantitative estimate of drug-likeness (QED) is 0.377. The number of benzene rings is 2. The molecule has 0 saturated heterocycles. The summed E-state index contributed by atoms with van der Waals surface area (Å²) < 4.78 is 37.9. The van der Waals surface area contributed by atoms with Gasteiger partial charge in [0.05, 0.1) is 28.7 Å². The standard InChI is InChI=1S/C26H26N2O7S/c29-15-20(30)14-27-36(32,33)21-7-4-17(5-8-21)22-3-1-2-19(28-22)13-25(31)26(10-11-26)18-6-9-23-24(12-18)35-16-34-23/h1-9,12,20,27,29-30H,10-11,13-16H2/t20-/m0/s1. The largest absolute Gasteiger partial charge is 0.454 e. The van der Waals surface area contributed by atoms with E-state index in [-0.39, 0.29) is 30.4 Å². The first kappa shape index (κ1) is 24.4. The SMILES string of the molecule is O=C(Cc1cccc(-c2ccc(S(=O)(=O)NC[C@H](O)CO)cc2)n1)C1(c2ccc3c(c2)OCO3)CC1. The Hall–Kier alpha value is -3.31. The van der Waals surface area contributed by atoms with Gasteiger partial charge >= 0.3 is 0 Å². The molecule has 1 atom stereocenters. The van der Waals surface area contributed by atoms with Crippen molar-refractivity contribution >= 4 is 15.8 Å². The molecule has 5 rings (SSSR count). The van der Waals surface area contributed by atoms with Gasteiger partial charge in [-0.2, -0.15) is 0 Å². The Labute approximate surface area is 208 Å². The van der Waals surface area contributed by atoms with Gasteiger partial charge in [0.25, 0.3) is 0 Å². The zero-order chi connectivity index (χ0) is 25.3. The van der Waals surface area contributed by atoms with Crippen LogP contribution in [0.5, 0.6) is 11.5 Å². The third-order valence-corrected chi connectivity index (χ3v) is 7.98. The lowest BCUT2D eigenvalue weighted by atomic mass is 9.88. The summed E-state index contributed by atoms with van der Waals surface area (Å²) in [7, 11) is -3.83. The molecule has 1 aliphatic heterocycles. The molecule has 2 aromatic carbocycles. The van der Waals surface area contributed by atoms with E-state index in [2.05, 4.69) is 9.71 Å². The molecule has 10 heteroatoms. The molecule has 1 saturated carbocycles. The Bertz CT molecular complexity index is 1390. The predicted octanol–water partition coefficient (Wildman–Crippen LogP) is 1.95.